The van der Waals surface area contributed by atoms with Gasteiger partial charge in [-0.15, -0.1) is 0 Å². The summed E-state index contributed by atoms with van der Waals surface area (Å²) >= 11 is 0. The first-order chi connectivity index (χ1) is 16.4. The second kappa shape index (κ2) is 12.5. The van der Waals surface area contributed by atoms with Crippen LogP contribution in [0.2, 0.25) is 0 Å². The molecule has 1 N–H and O–H groups in total. The van der Waals surface area contributed by atoms with E-state index in [2.05, 4.69) is 23.7 Å². The predicted molar refractivity (Wildman–Crippen MR) is 134 cm³/mol. The number of hydrogen-bond donors (Lipinski definition) is 1. The van der Waals surface area contributed by atoms with Crippen molar-refractivity contribution in [3.8, 4) is 35.2 Å². The molecule has 0 unspecified atom stereocenters. The second-order valence-corrected chi connectivity index (χ2v) is 8.99. The van der Waals surface area contributed by atoms with Crippen molar-refractivity contribution in [3.63, 3.8) is 0 Å². The lowest BCUT2D eigenvalue weighted by Gasteiger charge is -2.13. The average Bonchev–Trinajstić information content (AvgIpc) is 2.84. The number of hydrogen-bond acceptors (Lipinski definition) is 4. The minimum Gasteiger partial charge on any atom is -0.492 e. The predicted octanol–water partition coefficient (Wildman–Crippen LogP) is 4.93. The Morgan fingerprint density at radius 2 is 1.21 bits per heavy atom. The van der Waals surface area contributed by atoms with Crippen molar-refractivity contribution >= 4 is 10.1 Å². The van der Waals surface area contributed by atoms with Gasteiger partial charge in [0.2, 0.25) is 0 Å². The molecule has 6 heteroatoms. The molecular weight excluding hydrogens is 448 g/mol. The quantitative estimate of drug-likeness (QED) is 0.285. The number of rotatable bonds is 8. The van der Waals surface area contributed by atoms with Crippen molar-refractivity contribution in [2.24, 2.45) is 0 Å². The molecule has 0 saturated heterocycles. The SMILES string of the molecule is CCCOc1cc(C#Cc2ccccc2)c(OCCCS(=O)(=O)O)cc1C#Cc1ccccc1. The Balaban J connectivity index is 1.99. The lowest BCUT2D eigenvalue weighted by molar-refractivity contribution is 0.307. The van der Waals surface area contributed by atoms with Gasteiger partial charge in [0, 0.05) is 23.3 Å². The topological polar surface area (TPSA) is 72.8 Å². The van der Waals surface area contributed by atoms with E-state index < -0.39 is 10.1 Å². The maximum Gasteiger partial charge on any atom is 0.264 e. The number of benzene rings is 3. The molecule has 3 aromatic carbocycles. The van der Waals surface area contributed by atoms with Gasteiger partial charge in [-0.2, -0.15) is 8.42 Å². The van der Waals surface area contributed by atoms with E-state index in [1.807, 2.05) is 67.6 Å². The maximum atomic E-state index is 11.0. The van der Waals surface area contributed by atoms with E-state index in [-0.39, 0.29) is 18.8 Å². The van der Waals surface area contributed by atoms with Gasteiger partial charge in [-0.05, 0) is 37.1 Å². The van der Waals surface area contributed by atoms with Gasteiger partial charge in [-0.3, -0.25) is 4.55 Å². The van der Waals surface area contributed by atoms with E-state index in [0.29, 0.717) is 29.2 Å². The highest BCUT2D eigenvalue weighted by atomic mass is 32.2. The van der Waals surface area contributed by atoms with E-state index in [0.717, 1.165) is 17.5 Å². The van der Waals surface area contributed by atoms with E-state index in [9.17, 15) is 8.42 Å². The zero-order valence-electron chi connectivity index (χ0n) is 19.0. The summed E-state index contributed by atoms with van der Waals surface area (Å²) in [6.45, 7) is 2.65. The summed E-state index contributed by atoms with van der Waals surface area (Å²) < 4.78 is 42.9. The van der Waals surface area contributed by atoms with Crippen LogP contribution >= 0.6 is 0 Å². The lowest BCUT2D eigenvalue weighted by Crippen LogP contribution is -2.09. The molecule has 0 fully saturated rings. The van der Waals surface area contributed by atoms with Crippen LogP contribution < -0.4 is 9.47 Å². The van der Waals surface area contributed by atoms with Crippen LogP contribution in [0.15, 0.2) is 72.8 Å². The molecule has 0 radical (unpaired) electrons. The molecule has 3 rings (SSSR count). The largest absolute Gasteiger partial charge is 0.492 e. The normalized spacial score (nSPS) is 10.4. The van der Waals surface area contributed by atoms with Crippen LogP contribution in [0.1, 0.15) is 42.0 Å². The van der Waals surface area contributed by atoms with Gasteiger partial charge in [-0.25, -0.2) is 0 Å². The molecule has 0 aliphatic rings. The van der Waals surface area contributed by atoms with E-state index in [1.165, 1.54) is 0 Å². The fraction of sp³-hybridized carbons (Fsp3) is 0.214. The Morgan fingerprint density at radius 3 is 1.65 bits per heavy atom. The van der Waals surface area contributed by atoms with Gasteiger partial charge in [-0.1, -0.05) is 67.0 Å². The first-order valence-corrected chi connectivity index (χ1v) is 12.6. The average molecular weight is 475 g/mol. The molecule has 0 atom stereocenters. The van der Waals surface area contributed by atoms with Crippen LogP contribution in [0, 0.1) is 23.7 Å². The van der Waals surface area contributed by atoms with Gasteiger partial charge in [0.15, 0.2) is 0 Å². The molecule has 0 spiro atoms. The van der Waals surface area contributed by atoms with Crippen molar-refractivity contribution in [1.82, 2.24) is 0 Å². The van der Waals surface area contributed by atoms with Gasteiger partial charge in [0.1, 0.15) is 11.5 Å². The highest BCUT2D eigenvalue weighted by molar-refractivity contribution is 7.85. The van der Waals surface area contributed by atoms with Crippen molar-refractivity contribution < 1.29 is 22.4 Å². The first-order valence-electron chi connectivity index (χ1n) is 11.0. The Morgan fingerprint density at radius 1 is 0.735 bits per heavy atom. The molecule has 174 valence electrons. The lowest BCUT2D eigenvalue weighted by atomic mass is 10.1. The van der Waals surface area contributed by atoms with Gasteiger partial charge in [0.25, 0.3) is 10.1 Å². The van der Waals surface area contributed by atoms with Gasteiger partial charge in [0.05, 0.1) is 30.1 Å². The van der Waals surface area contributed by atoms with Crippen molar-refractivity contribution in [2.75, 3.05) is 19.0 Å². The summed E-state index contributed by atoms with van der Waals surface area (Å²) in [6, 6.07) is 22.8. The standard InChI is InChI=1S/C28H26O5S/c1-2-18-32-27-21-26(17-15-24-12-7-4-8-13-24)28(33-19-9-20-34(29,30)31)22-25(27)16-14-23-10-5-3-6-11-23/h3-8,10-13,21-22H,2,9,18-20H2,1H3,(H,29,30,31). The fourth-order valence-corrected chi connectivity index (χ4v) is 3.43. The zero-order valence-corrected chi connectivity index (χ0v) is 19.8. The van der Waals surface area contributed by atoms with Crippen LogP contribution in [0.5, 0.6) is 11.5 Å². The Hall–Kier alpha value is -3.71. The van der Waals surface area contributed by atoms with E-state index in [1.54, 1.807) is 12.1 Å². The summed E-state index contributed by atoms with van der Waals surface area (Å²) in [5.41, 5.74) is 2.97. The van der Waals surface area contributed by atoms with Crippen molar-refractivity contribution in [2.45, 2.75) is 19.8 Å². The van der Waals surface area contributed by atoms with Crippen LogP contribution in [0.25, 0.3) is 0 Å². The van der Waals surface area contributed by atoms with Gasteiger partial charge >= 0.3 is 0 Å². The molecule has 0 heterocycles. The van der Waals surface area contributed by atoms with E-state index in [4.69, 9.17) is 14.0 Å². The zero-order chi connectivity index (χ0) is 24.2. The van der Waals surface area contributed by atoms with Crippen LogP contribution in [0.4, 0.5) is 0 Å². The summed E-state index contributed by atoms with van der Waals surface area (Å²) in [5.74, 6) is 13.2. The van der Waals surface area contributed by atoms with Crippen LogP contribution in [0.3, 0.4) is 0 Å². The van der Waals surface area contributed by atoms with Crippen LogP contribution in [-0.4, -0.2) is 31.9 Å². The highest BCUT2D eigenvalue weighted by Gasteiger charge is 2.12. The summed E-state index contributed by atoms with van der Waals surface area (Å²) in [4.78, 5) is 0. The molecule has 3 aromatic rings. The van der Waals surface area contributed by atoms with Crippen LogP contribution in [-0.2, 0) is 10.1 Å². The Bertz CT molecular complexity index is 1310. The summed E-state index contributed by atoms with van der Waals surface area (Å²) in [7, 11) is -4.05. The number of ether oxygens (including phenoxy) is 2. The molecule has 0 bridgehead atoms. The highest BCUT2D eigenvalue weighted by Crippen LogP contribution is 2.29. The molecule has 5 nitrogen and oxygen atoms in total. The van der Waals surface area contributed by atoms with Crippen molar-refractivity contribution in [3.05, 3.63) is 95.1 Å². The Kier molecular flexibility index (Phi) is 9.17. The fourth-order valence-electron chi connectivity index (χ4n) is 2.95. The third kappa shape index (κ3) is 8.33. The second-order valence-electron chi connectivity index (χ2n) is 7.41. The maximum absolute atomic E-state index is 11.0. The molecule has 0 aliphatic heterocycles. The van der Waals surface area contributed by atoms with Gasteiger partial charge < -0.3 is 9.47 Å². The first kappa shape index (κ1) is 24.9. The molecule has 0 aromatic heterocycles. The van der Waals surface area contributed by atoms with Crippen molar-refractivity contribution in [1.29, 1.82) is 0 Å². The molecule has 0 saturated carbocycles. The molecule has 34 heavy (non-hydrogen) atoms. The Labute approximate surface area is 201 Å². The third-order valence-corrected chi connectivity index (χ3v) is 5.38. The summed E-state index contributed by atoms with van der Waals surface area (Å²) in [5, 5.41) is 0. The molecular formula is C28H26O5S. The molecule has 0 aliphatic carbocycles. The monoisotopic (exact) mass is 474 g/mol. The minimum atomic E-state index is -4.05. The minimum absolute atomic E-state index is 0.0977. The molecule has 0 amide bonds. The smallest absolute Gasteiger partial charge is 0.264 e. The third-order valence-electron chi connectivity index (χ3n) is 4.58. The van der Waals surface area contributed by atoms with E-state index >= 15 is 0 Å². The summed E-state index contributed by atoms with van der Waals surface area (Å²) in [6.07, 6.45) is 0.980.